The molecule has 1 fully saturated rings. The molecule has 0 radical (unpaired) electrons. The third-order valence-electron chi connectivity index (χ3n) is 4.48. The van der Waals surface area contributed by atoms with Gasteiger partial charge in [0, 0.05) is 12.5 Å². The van der Waals surface area contributed by atoms with Gasteiger partial charge < -0.3 is 10.2 Å². The highest BCUT2D eigenvalue weighted by Crippen LogP contribution is 2.36. The van der Waals surface area contributed by atoms with Crippen molar-refractivity contribution in [2.45, 2.75) is 36.6 Å². The van der Waals surface area contributed by atoms with E-state index in [1.54, 1.807) is 11.0 Å². The summed E-state index contributed by atoms with van der Waals surface area (Å²) in [5.41, 5.74) is 1.33. The predicted molar refractivity (Wildman–Crippen MR) is 109 cm³/mol. The number of anilines is 3. The van der Waals surface area contributed by atoms with Gasteiger partial charge in [0.25, 0.3) is 0 Å². The van der Waals surface area contributed by atoms with Gasteiger partial charge >= 0.3 is 0 Å². The van der Waals surface area contributed by atoms with Crippen molar-refractivity contribution < 1.29 is 14.4 Å². The third-order valence-corrected chi connectivity index (χ3v) is 6.52. The molecule has 0 unspecified atom stereocenters. The Labute approximate surface area is 170 Å². The van der Waals surface area contributed by atoms with Gasteiger partial charge in [0.1, 0.15) is 6.54 Å². The molecule has 0 bridgehead atoms. The molecule has 1 N–H and O–H groups in total. The van der Waals surface area contributed by atoms with E-state index in [9.17, 15) is 14.4 Å². The highest BCUT2D eigenvalue weighted by Gasteiger charge is 2.35. The first-order valence-corrected chi connectivity index (χ1v) is 10.8. The Kier molecular flexibility index (Phi) is 5.31. The number of fused-ring (bicyclic) bond motifs is 1. The molecule has 2 aromatic rings. The van der Waals surface area contributed by atoms with E-state index in [2.05, 4.69) is 15.5 Å². The van der Waals surface area contributed by atoms with E-state index in [0.29, 0.717) is 27.3 Å². The highest BCUT2D eigenvalue weighted by atomic mass is 32.2. The second-order valence-corrected chi connectivity index (χ2v) is 8.71. The van der Waals surface area contributed by atoms with Crippen molar-refractivity contribution in [3.63, 3.8) is 0 Å². The molecule has 1 saturated carbocycles. The molecule has 0 spiro atoms. The van der Waals surface area contributed by atoms with Gasteiger partial charge in [-0.3, -0.25) is 19.3 Å². The average molecular weight is 418 g/mol. The topological polar surface area (TPSA) is 95.5 Å². The zero-order valence-electron chi connectivity index (χ0n) is 15.3. The summed E-state index contributed by atoms with van der Waals surface area (Å²) in [7, 11) is 0. The predicted octanol–water partition coefficient (Wildman–Crippen LogP) is 2.52. The van der Waals surface area contributed by atoms with Crippen molar-refractivity contribution in [3.05, 3.63) is 24.3 Å². The van der Waals surface area contributed by atoms with Crippen LogP contribution < -0.4 is 15.1 Å². The van der Waals surface area contributed by atoms with E-state index in [-0.39, 0.29) is 36.1 Å². The van der Waals surface area contributed by atoms with Gasteiger partial charge in [0.2, 0.25) is 22.9 Å². The van der Waals surface area contributed by atoms with E-state index < -0.39 is 0 Å². The second kappa shape index (κ2) is 7.88. The number of nitrogens with one attached hydrogen (secondary N) is 1. The minimum absolute atomic E-state index is 0.00175. The van der Waals surface area contributed by atoms with E-state index in [4.69, 9.17) is 0 Å². The normalized spacial score (nSPS) is 15.8. The van der Waals surface area contributed by atoms with E-state index >= 15 is 0 Å². The van der Waals surface area contributed by atoms with E-state index in [1.807, 2.05) is 25.1 Å². The lowest BCUT2D eigenvalue weighted by molar-refractivity contribution is -0.120. The number of rotatable bonds is 6. The summed E-state index contributed by atoms with van der Waals surface area (Å²) >= 11 is 2.60. The van der Waals surface area contributed by atoms with Gasteiger partial charge in [-0.1, -0.05) is 42.2 Å². The van der Waals surface area contributed by atoms with Gasteiger partial charge in [0.15, 0.2) is 4.34 Å². The number of hydrogen-bond donors (Lipinski definition) is 1. The van der Waals surface area contributed by atoms with Crippen molar-refractivity contribution in [1.82, 2.24) is 10.2 Å². The molecule has 10 heteroatoms. The SMILES string of the molecule is CCC(=O)N(c1nnc(SCC(=O)N2CC(=O)Nc3ccccc32)s1)C1CC1. The monoisotopic (exact) mass is 417 g/mol. The number of nitrogens with zero attached hydrogens (tertiary/aromatic N) is 4. The van der Waals surface area contributed by atoms with Crippen LogP contribution in [0.25, 0.3) is 0 Å². The quantitative estimate of drug-likeness (QED) is 0.573. The van der Waals surface area contributed by atoms with Crippen molar-refractivity contribution in [2.24, 2.45) is 0 Å². The molecule has 0 atom stereocenters. The largest absolute Gasteiger partial charge is 0.323 e. The maximum Gasteiger partial charge on any atom is 0.244 e. The van der Waals surface area contributed by atoms with Gasteiger partial charge in [-0.15, -0.1) is 10.2 Å². The summed E-state index contributed by atoms with van der Waals surface area (Å²) in [4.78, 5) is 40.0. The van der Waals surface area contributed by atoms with Gasteiger partial charge in [0.05, 0.1) is 17.1 Å². The fraction of sp³-hybridized carbons (Fsp3) is 0.389. The lowest BCUT2D eigenvalue weighted by Crippen LogP contribution is -2.43. The zero-order chi connectivity index (χ0) is 19.7. The first kappa shape index (κ1) is 18.9. The maximum atomic E-state index is 12.7. The van der Waals surface area contributed by atoms with E-state index in [1.165, 1.54) is 28.0 Å². The number of benzene rings is 1. The van der Waals surface area contributed by atoms with Crippen LogP contribution in [0.1, 0.15) is 26.2 Å². The highest BCUT2D eigenvalue weighted by molar-refractivity contribution is 8.01. The molecule has 4 rings (SSSR count). The van der Waals surface area contributed by atoms with Crippen LogP contribution in [-0.4, -0.2) is 46.3 Å². The van der Waals surface area contributed by atoms with Gasteiger partial charge in [-0.25, -0.2) is 0 Å². The Morgan fingerprint density at radius 3 is 2.86 bits per heavy atom. The summed E-state index contributed by atoms with van der Waals surface area (Å²) in [5.74, 6) is -0.204. The minimum Gasteiger partial charge on any atom is -0.323 e. The first-order valence-electron chi connectivity index (χ1n) is 9.04. The standard InChI is InChI=1S/C18H19N5O3S2/c1-2-15(25)23(11-7-8-11)17-20-21-18(28-17)27-10-16(26)22-9-14(24)19-12-5-3-4-6-13(12)22/h3-6,11H,2,7-10H2,1H3,(H,19,24). The molecule has 3 amide bonds. The Morgan fingerprint density at radius 2 is 2.11 bits per heavy atom. The van der Waals surface area contributed by atoms with Crippen molar-refractivity contribution in [3.8, 4) is 0 Å². The summed E-state index contributed by atoms with van der Waals surface area (Å²) in [6.07, 6.45) is 2.40. The van der Waals surface area contributed by atoms with Crippen molar-refractivity contribution in [1.29, 1.82) is 0 Å². The summed E-state index contributed by atoms with van der Waals surface area (Å²) < 4.78 is 0.632. The number of amides is 3. The molecule has 28 heavy (non-hydrogen) atoms. The average Bonchev–Trinajstić information content (AvgIpc) is 3.42. The van der Waals surface area contributed by atoms with Gasteiger partial charge in [-0.05, 0) is 25.0 Å². The van der Waals surface area contributed by atoms with Crippen molar-refractivity contribution >= 4 is 57.3 Å². The number of hydrogen-bond acceptors (Lipinski definition) is 7. The Balaban J connectivity index is 1.43. The van der Waals surface area contributed by atoms with Crippen LogP contribution in [0, 0.1) is 0 Å². The van der Waals surface area contributed by atoms with Crippen LogP contribution in [0.2, 0.25) is 0 Å². The van der Waals surface area contributed by atoms with Crippen LogP contribution in [0.5, 0.6) is 0 Å². The van der Waals surface area contributed by atoms with Crippen LogP contribution in [0.15, 0.2) is 28.6 Å². The Hall–Kier alpha value is -2.46. The molecule has 1 aliphatic heterocycles. The fourth-order valence-corrected chi connectivity index (χ4v) is 4.79. The number of thioether (sulfide) groups is 1. The Bertz CT molecular complexity index is 927. The molecule has 1 aliphatic carbocycles. The second-order valence-electron chi connectivity index (χ2n) is 6.53. The number of carbonyl (C=O) groups excluding carboxylic acids is 3. The molecule has 2 heterocycles. The van der Waals surface area contributed by atoms with Crippen LogP contribution in [0.3, 0.4) is 0 Å². The lowest BCUT2D eigenvalue weighted by atomic mass is 10.2. The summed E-state index contributed by atoms with van der Waals surface area (Å²) in [6, 6.07) is 7.45. The first-order chi connectivity index (χ1) is 13.6. The molecule has 146 valence electrons. The molecule has 0 saturated heterocycles. The van der Waals surface area contributed by atoms with Crippen LogP contribution in [0.4, 0.5) is 16.5 Å². The third kappa shape index (κ3) is 3.88. The lowest BCUT2D eigenvalue weighted by Gasteiger charge is -2.28. The smallest absolute Gasteiger partial charge is 0.244 e. The van der Waals surface area contributed by atoms with Crippen molar-refractivity contribution in [2.75, 3.05) is 27.4 Å². The summed E-state index contributed by atoms with van der Waals surface area (Å²) in [5, 5.41) is 11.6. The Morgan fingerprint density at radius 1 is 1.32 bits per heavy atom. The minimum atomic E-state index is -0.214. The fourth-order valence-electron chi connectivity index (χ4n) is 2.98. The molecule has 8 nitrogen and oxygen atoms in total. The molecule has 2 aliphatic rings. The summed E-state index contributed by atoms with van der Waals surface area (Å²) in [6.45, 7) is 1.83. The molecular weight excluding hydrogens is 398 g/mol. The molecule has 1 aromatic heterocycles. The number of para-hydroxylation sites is 2. The number of aromatic nitrogens is 2. The van der Waals surface area contributed by atoms with E-state index in [0.717, 1.165) is 12.8 Å². The molecular formula is C18H19N5O3S2. The number of carbonyl (C=O) groups is 3. The maximum absolute atomic E-state index is 12.7. The van der Waals surface area contributed by atoms with Gasteiger partial charge in [-0.2, -0.15) is 0 Å². The zero-order valence-corrected chi connectivity index (χ0v) is 16.9. The van der Waals surface area contributed by atoms with Crippen LogP contribution in [-0.2, 0) is 14.4 Å². The van der Waals surface area contributed by atoms with Crippen LogP contribution >= 0.6 is 23.1 Å². The molecule has 1 aromatic carbocycles.